The third-order valence-electron chi connectivity index (χ3n) is 11.7. The summed E-state index contributed by atoms with van der Waals surface area (Å²) < 4.78 is 29.5. The van der Waals surface area contributed by atoms with Crippen molar-refractivity contribution in [3.63, 3.8) is 0 Å². The fourth-order valence-electron chi connectivity index (χ4n) is 9.92. The molecule has 0 bridgehead atoms. The van der Waals surface area contributed by atoms with Crippen molar-refractivity contribution < 1.29 is 42.5 Å². The van der Waals surface area contributed by atoms with Crippen LogP contribution in [0, 0.1) is 33.5 Å². The molecule has 3 saturated carbocycles. The van der Waals surface area contributed by atoms with Gasteiger partial charge in [0.25, 0.3) is 0 Å². The Morgan fingerprint density at radius 2 is 1.62 bits per heavy atom. The maximum Gasteiger partial charge on any atom is 0.339 e. The summed E-state index contributed by atoms with van der Waals surface area (Å²) in [6, 6.07) is 1.80. The highest BCUT2D eigenvalue weighted by Gasteiger charge is 2.89. The molecule has 3 heterocycles. The number of ketones is 1. The second-order valence-corrected chi connectivity index (χ2v) is 13.6. The van der Waals surface area contributed by atoms with Crippen molar-refractivity contribution in [3.05, 3.63) is 24.2 Å². The first kappa shape index (κ1) is 26.5. The predicted molar refractivity (Wildman–Crippen MR) is 135 cm³/mol. The topological polar surface area (TPSA) is 122 Å². The Bertz CT molecular complexity index is 1250. The number of rotatable bonds is 3. The summed E-state index contributed by atoms with van der Waals surface area (Å²) in [5, 5.41) is 0. The maximum atomic E-state index is 14.6. The molecular formula is C30H38O9. The Labute approximate surface area is 228 Å². The molecule has 3 aliphatic carbocycles. The van der Waals surface area contributed by atoms with Gasteiger partial charge in [-0.25, -0.2) is 4.79 Å². The fraction of sp³-hybridized carbons (Fsp3) is 0.733. The van der Waals surface area contributed by atoms with Gasteiger partial charge >= 0.3 is 17.9 Å². The van der Waals surface area contributed by atoms with Crippen molar-refractivity contribution in [1.29, 1.82) is 0 Å². The van der Waals surface area contributed by atoms with Crippen LogP contribution in [0.25, 0.3) is 0 Å². The monoisotopic (exact) mass is 542 g/mol. The van der Waals surface area contributed by atoms with Gasteiger partial charge in [-0.15, -0.1) is 0 Å². The number of cyclic esters (lactones) is 1. The first-order valence-electron chi connectivity index (χ1n) is 13.9. The highest BCUT2D eigenvalue weighted by Crippen LogP contribution is 2.79. The number of Topliss-reactive ketones (excluding diaryl/α,β-unsaturated/α-hetero) is 1. The van der Waals surface area contributed by atoms with Crippen molar-refractivity contribution in [1.82, 2.24) is 0 Å². The molecule has 0 radical (unpaired) electrons. The lowest BCUT2D eigenvalue weighted by atomic mass is 9.34. The molecule has 5 aliphatic rings. The van der Waals surface area contributed by atoms with Crippen LogP contribution in [0.4, 0.5) is 0 Å². The second-order valence-electron chi connectivity index (χ2n) is 13.6. The van der Waals surface area contributed by atoms with E-state index in [2.05, 4.69) is 13.8 Å². The van der Waals surface area contributed by atoms with Crippen LogP contribution in [0.5, 0.6) is 0 Å². The van der Waals surface area contributed by atoms with Gasteiger partial charge in [0, 0.05) is 48.5 Å². The van der Waals surface area contributed by atoms with Gasteiger partial charge in [-0.05, 0) is 37.7 Å². The number of fused-ring (bicyclic) bond motifs is 3. The summed E-state index contributed by atoms with van der Waals surface area (Å²) in [5.74, 6) is -1.72. The summed E-state index contributed by atoms with van der Waals surface area (Å²) in [6.45, 7) is 13.0. The van der Waals surface area contributed by atoms with E-state index < -0.39 is 69.6 Å². The van der Waals surface area contributed by atoms with Gasteiger partial charge < -0.3 is 23.4 Å². The van der Waals surface area contributed by atoms with Gasteiger partial charge in [-0.2, -0.15) is 0 Å². The summed E-state index contributed by atoms with van der Waals surface area (Å²) in [5.41, 5.74) is -3.19. The Balaban J connectivity index is 1.50. The molecule has 212 valence electrons. The van der Waals surface area contributed by atoms with Gasteiger partial charge in [0.15, 0.2) is 6.10 Å². The van der Waals surface area contributed by atoms with E-state index in [4.69, 9.17) is 23.4 Å². The molecule has 0 unspecified atom stereocenters. The Morgan fingerprint density at radius 3 is 2.23 bits per heavy atom. The van der Waals surface area contributed by atoms with E-state index in [1.807, 2.05) is 20.8 Å². The van der Waals surface area contributed by atoms with Crippen LogP contribution in [-0.2, 0) is 38.1 Å². The third kappa shape index (κ3) is 3.05. The van der Waals surface area contributed by atoms with Crippen LogP contribution < -0.4 is 0 Å². The smallest absolute Gasteiger partial charge is 0.339 e. The molecule has 0 N–H and O–H groups in total. The lowest BCUT2D eigenvalue weighted by molar-refractivity contribution is -0.259. The van der Waals surface area contributed by atoms with Gasteiger partial charge in [0.2, 0.25) is 0 Å². The molecule has 9 heteroatoms. The molecule has 6 rings (SSSR count). The number of carbonyl (C=O) groups excluding carboxylic acids is 4. The summed E-state index contributed by atoms with van der Waals surface area (Å²) in [7, 11) is 0. The number of epoxide rings is 1. The zero-order valence-corrected chi connectivity index (χ0v) is 23.7. The van der Waals surface area contributed by atoms with Crippen molar-refractivity contribution >= 4 is 23.7 Å². The SMILES string of the molecule is CC(=O)O[C@H]1C[C@@H](OC(C)=O)[C@]2(C)[C@H]3CC[C@@]4(C)[C@H](c5ccoc5)OC(=O)[C@H]5O[C@]54[C@]3(C)C(=O)C[C@H]2C1(C)C. The zero-order valence-electron chi connectivity index (χ0n) is 23.7. The van der Waals surface area contributed by atoms with Gasteiger partial charge in [0.1, 0.15) is 29.7 Å². The third-order valence-corrected chi connectivity index (χ3v) is 11.7. The van der Waals surface area contributed by atoms with Gasteiger partial charge in [0.05, 0.1) is 17.9 Å². The van der Waals surface area contributed by atoms with E-state index >= 15 is 0 Å². The minimum absolute atomic E-state index is 0.0298. The van der Waals surface area contributed by atoms with E-state index in [-0.39, 0.29) is 24.0 Å². The molecule has 2 aliphatic heterocycles. The standard InChI is InChI=1S/C30H38O9/c1-15(31)36-21-13-22(37-16(2)32)28(6)18-8-10-27(5)23(17-9-11-35-14-17)38-25(34)24-30(27,39-24)29(18,7)20(33)12-19(28)26(21,3)4/h9,11,14,18-19,21-24H,8,10,12-13H2,1-7H3/t18-,19+,21+,22-,23+,24-,27+,28-,29+,30-/m1/s1. The Morgan fingerprint density at radius 1 is 0.949 bits per heavy atom. The van der Waals surface area contributed by atoms with Crippen LogP contribution in [0.15, 0.2) is 23.0 Å². The quantitative estimate of drug-likeness (QED) is 0.312. The van der Waals surface area contributed by atoms with Crippen LogP contribution in [0.3, 0.4) is 0 Å². The second kappa shape index (κ2) is 7.95. The summed E-state index contributed by atoms with van der Waals surface area (Å²) in [4.78, 5) is 52.3. The number of furan rings is 1. The van der Waals surface area contributed by atoms with E-state index in [0.29, 0.717) is 19.3 Å². The average Bonchev–Trinajstić information content (AvgIpc) is 3.41. The largest absolute Gasteiger partial charge is 0.472 e. The van der Waals surface area contributed by atoms with Gasteiger partial charge in [-0.1, -0.05) is 27.7 Å². The number of carbonyl (C=O) groups is 4. The Kier molecular flexibility index (Phi) is 5.41. The Hall–Kier alpha value is -2.68. The van der Waals surface area contributed by atoms with E-state index in [1.54, 1.807) is 18.6 Å². The minimum Gasteiger partial charge on any atom is -0.472 e. The summed E-state index contributed by atoms with van der Waals surface area (Å²) in [6.07, 6.45) is 2.44. The number of hydrogen-bond donors (Lipinski definition) is 0. The molecule has 0 aromatic carbocycles. The lowest BCUT2D eigenvalue weighted by Gasteiger charge is -2.69. The minimum atomic E-state index is -1.05. The van der Waals surface area contributed by atoms with Crippen LogP contribution >= 0.6 is 0 Å². The van der Waals surface area contributed by atoms with E-state index in [1.165, 1.54) is 13.8 Å². The molecule has 9 nitrogen and oxygen atoms in total. The van der Waals surface area contributed by atoms with Gasteiger partial charge in [-0.3, -0.25) is 14.4 Å². The van der Waals surface area contributed by atoms with Crippen molar-refractivity contribution in [3.8, 4) is 0 Å². The zero-order chi connectivity index (χ0) is 28.3. The first-order valence-corrected chi connectivity index (χ1v) is 13.9. The van der Waals surface area contributed by atoms with Crippen LogP contribution in [-0.4, -0.2) is 47.6 Å². The fourth-order valence-corrected chi connectivity index (χ4v) is 9.92. The van der Waals surface area contributed by atoms with Crippen molar-refractivity contribution in [2.75, 3.05) is 0 Å². The molecule has 2 saturated heterocycles. The van der Waals surface area contributed by atoms with Crippen LogP contribution in [0.1, 0.15) is 85.8 Å². The average molecular weight is 543 g/mol. The molecular weight excluding hydrogens is 504 g/mol. The number of esters is 3. The highest BCUT2D eigenvalue weighted by molar-refractivity contribution is 5.93. The van der Waals surface area contributed by atoms with E-state index in [0.717, 1.165) is 5.56 Å². The number of hydrogen-bond acceptors (Lipinski definition) is 9. The normalized spacial score (nSPS) is 47.5. The van der Waals surface area contributed by atoms with Crippen molar-refractivity contribution in [2.24, 2.45) is 33.5 Å². The predicted octanol–water partition coefficient (Wildman–Crippen LogP) is 4.33. The molecule has 5 fully saturated rings. The van der Waals surface area contributed by atoms with Crippen molar-refractivity contribution in [2.45, 2.75) is 104 Å². The molecule has 1 aromatic heterocycles. The first-order chi connectivity index (χ1) is 18.2. The number of ether oxygens (including phenoxy) is 4. The molecule has 0 amide bonds. The van der Waals surface area contributed by atoms with E-state index in [9.17, 15) is 19.2 Å². The molecule has 39 heavy (non-hydrogen) atoms. The maximum absolute atomic E-state index is 14.6. The highest BCUT2D eigenvalue weighted by atomic mass is 16.7. The molecule has 1 spiro atoms. The molecule has 1 aromatic rings. The molecule has 10 atom stereocenters. The van der Waals surface area contributed by atoms with Crippen LogP contribution in [0.2, 0.25) is 0 Å². The summed E-state index contributed by atoms with van der Waals surface area (Å²) >= 11 is 0. The lowest BCUT2D eigenvalue weighted by Crippen LogP contribution is -2.74.